The summed E-state index contributed by atoms with van der Waals surface area (Å²) in [4.78, 5) is 1.37. The van der Waals surface area contributed by atoms with E-state index in [2.05, 4.69) is 0 Å². The summed E-state index contributed by atoms with van der Waals surface area (Å²) < 4.78 is 39.6. The number of hydrogen-bond donors (Lipinski definition) is 1. The van der Waals surface area contributed by atoms with Crippen LogP contribution in [0.1, 0.15) is 0 Å². The Labute approximate surface area is 102 Å². The van der Waals surface area contributed by atoms with Crippen LogP contribution in [-0.2, 0) is 0 Å². The lowest BCUT2D eigenvalue weighted by Gasteiger charge is -2.21. The Morgan fingerprint density at radius 1 is 0.889 bits per heavy atom. The molecule has 0 aliphatic carbocycles. The van der Waals surface area contributed by atoms with E-state index in [0.717, 1.165) is 12.1 Å². The van der Waals surface area contributed by atoms with E-state index in [1.165, 1.54) is 36.2 Å². The van der Waals surface area contributed by atoms with Crippen LogP contribution >= 0.6 is 0 Å². The van der Waals surface area contributed by atoms with Crippen LogP contribution in [0.4, 0.5) is 30.2 Å². The molecule has 0 radical (unpaired) electrons. The van der Waals surface area contributed by atoms with Crippen molar-refractivity contribution in [2.45, 2.75) is 0 Å². The van der Waals surface area contributed by atoms with Gasteiger partial charge in [-0.1, -0.05) is 0 Å². The molecule has 0 amide bonds. The Morgan fingerprint density at radius 2 is 1.50 bits per heavy atom. The van der Waals surface area contributed by atoms with Gasteiger partial charge in [-0.15, -0.1) is 0 Å². The van der Waals surface area contributed by atoms with Gasteiger partial charge < -0.3 is 10.6 Å². The van der Waals surface area contributed by atoms with Crippen molar-refractivity contribution in [3.8, 4) is 0 Å². The molecule has 0 bridgehead atoms. The third kappa shape index (κ3) is 2.25. The van der Waals surface area contributed by atoms with E-state index in [1.54, 1.807) is 0 Å². The zero-order valence-corrected chi connectivity index (χ0v) is 9.62. The zero-order valence-electron chi connectivity index (χ0n) is 9.62. The zero-order chi connectivity index (χ0) is 13.3. The smallest absolute Gasteiger partial charge is 0.149 e. The third-order valence-electron chi connectivity index (χ3n) is 2.62. The lowest BCUT2D eigenvalue weighted by molar-refractivity contribution is 0.583. The molecule has 0 aliphatic rings. The Kier molecular flexibility index (Phi) is 3.14. The average Bonchev–Trinajstić information content (AvgIpc) is 2.31. The summed E-state index contributed by atoms with van der Waals surface area (Å²) >= 11 is 0. The number of nitrogens with zero attached hydrogens (tertiary/aromatic N) is 1. The van der Waals surface area contributed by atoms with Crippen LogP contribution in [0.5, 0.6) is 0 Å². The summed E-state index contributed by atoms with van der Waals surface area (Å²) in [6, 6.07) is 6.97. The second kappa shape index (κ2) is 4.60. The van der Waals surface area contributed by atoms with Crippen LogP contribution in [0.2, 0.25) is 0 Å². The standard InChI is InChI=1S/C13H11F3N2/c1-18(12-5-3-8(14)6-10(12)16)13-7-9(15)2-4-11(13)17/h2-7H,17H2,1H3. The van der Waals surface area contributed by atoms with E-state index in [0.29, 0.717) is 11.4 Å². The molecule has 94 valence electrons. The molecule has 5 heteroatoms. The summed E-state index contributed by atoms with van der Waals surface area (Å²) in [6.45, 7) is 0. The molecule has 2 aromatic rings. The molecule has 2 aromatic carbocycles. The fourth-order valence-electron chi connectivity index (χ4n) is 1.69. The van der Waals surface area contributed by atoms with Crippen LogP contribution in [-0.4, -0.2) is 7.05 Å². The number of halogens is 3. The predicted octanol–water partition coefficient (Wildman–Crippen LogP) is 3.45. The Bertz CT molecular complexity index is 584. The first-order chi connectivity index (χ1) is 8.49. The van der Waals surface area contributed by atoms with Gasteiger partial charge in [0, 0.05) is 13.1 Å². The molecule has 0 saturated heterocycles. The second-order valence-corrected chi connectivity index (χ2v) is 3.86. The van der Waals surface area contributed by atoms with Crippen molar-refractivity contribution in [2.24, 2.45) is 0 Å². The van der Waals surface area contributed by atoms with Gasteiger partial charge in [-0.2, -0.15) is 0 Å². The lowest BCUT2D eigenvalue weighted by Crippen LogP contribution is -2.13. The van der Waals surface area contributed by atoms with Crippen molar-refractivity contribution in [2.75, 3.05) is 17.7 Å². The second-order valence-electron chi connectivity index (χ2n) is 3.86. The highest BCUT2D eigenvalue weighted by Gasteiger charge is 2.13. The van der Waals surface area contributed by atoms with Crippen molar-refractivity contribution >= 4 is 17.1 Å². The molecule has 0 aliphatic heterocycles. The van der Waals surface area contributed by atoms with Gasteiger partial charge in [0.2, 0.25) is 0 Å². The normalized spacial score (nSPS) is 10.4. The summed E-state index contributed by atoms with van der Waals surface area (Å²) in [5, 5.41) is 0. The van der Waals surface area contributed by atoms with Gasteiger partial charge in [-0.3, -0.25) is 0 Å². The first kappa shape index (κ1) is 12.3. The topological polar surface area (TPSA) is 29.3 Å². The number of hydrogen-bond acceptors (Lipinski definition) is 2. The Balaban J connectivity index is 2.47. The maximum absolute atomic E-state index is 13.6. The molecule has 2 N–H and O–H groups in total. The van der Waals surface area contributed by atoms with Gasteiger partial charge in [0.1, 0.15) is 17.5 Å². The van der Waals surface area contributed by atoms with Crippen LogP contribution < -0.4 is 10.6 Å². The number of rotatable bonds is 2. The largest absolute Gasteiger partial charge is 0.397 e. The lowest BCUT2D eigenvalue weighted by atomic mass is 10.2. The van der Waals surface area contributed by atoms with Gasteiger partial charge in [-0.05, 0) is 30.3 Å². The van der Waals surface area contributed by atoms with Crippen LogP contribution in [0.25, 0.3) is 0 Å². The summed E-state index contributed by atoms with van der Waals surface area (Å²) in [7, 11) is 1.53. The van der Waals surface area contributed by atoms with Crippen molar-refractivity contribution in [1.29, 1.82) is 0 Å². The predicted molar refractivity (Wildman–Crippen MR) is 65.2 cm³/mol. The van der Waals surface area contributed by atoms with E-state index in [1.807, 2.05) is 0 Å². The SMILES string of the molecule is CN(c1cc(F)ccc1N)c1ccc(F)cc1F. The van der Waals surface area contributed by atoms with E-state index < -0.39 is 17.5 Å². The minimum absolute atomic E-state index is 0.119. The number of anilines is 3. The van der Waals surface area contributed by atoms with Crippen LogP contribution in [0.3, 0.4) is 0 Å². The molecule has 2 rings (SSSR count). The Hall–Kier alpha value is -2.17. The highest BCUT2D eigenvalue weighted by atomic mass is 19.1. The fourth-order valence-corrected chi connectivity index (χ4v) is 1.69. The van der Waals surface area contributed by atoms with Crippen molar-refractivity contribution < 1.29 is 13.2 Å². The minimum atomic E-state index is -0.735. The minimum Gasteiger partial charge on any atom is -0.397 e. The molecule has 0 spiro atoms. The van der Waals surface area contributed by atoms with Gasteiger partial charge in [0.05, 0.1) is 17.1 Å². The van der Waals surface area contributed by atoms with E-state index >= 15 is 0 Å². The number of nitrogen functional groups attached to an aromatic ring is 1. The molecular formula is C13H11F3N2. The van der Waals surface area contributed by atoms with Gasteiger partial charge in [-0.25, -0.2) is 13.2 Å². The maximum Gasteiger partial charge on any atom is 0.149 e. The summed E-state index contributed by atoms with van der Waals surface area (Å²) in [6.07, 6.45) is 0. The quantitative estimate of drug-likeness (QED) is 0.829. The van der Waals surface area contributed by atoms with Crippen molar-refractivity contribution in [3.63, 3.8) is 0 Å². The monoisotopic (exact) mass is 252 g/mol. The van der Waals surface area contributed by atoms with E-state index in [9.17, 15) is 13.2 Å². The summed E-state index contributed by atoms with van der Waals surface area (Å²) in [5.41, 5.74) is 6.45. The molecule has 0 aromatic heterocycles. The van der Waals surface area contributed by atoms with Gasteiger partial charge in [0.15, 0.2) is 0 Å². The van der Waals surface area contributed by atoms with E-state index in [4.69, 9.17) is 5.73 Å². The van der Waals surface area contributed by atoms with Crippen LogP contribution in [0, 0.1) is 17.5 Å². The van der Waals surface area contributed by atoms with Gasteiger partial charge >= 0.3 is 0 Å². The number of benzene rings is 2. The van der Waals surface area contributed by atoms with E-state index in [-0.39, 0.29) is 5.69 Å². The average molecular weight is 252 g/mol. The highest BCUT2D eigenvalue weighted by Crippen LogP contribution is 2.31. The molecule has 18 heavy (non-hydrogen) atoms. The van der Waals surface area contributed by atoms with Crippen molar-refractivity contribution in [3.05, 3.63) is 53.8 Å². The molecule has 0 unspecified atom stereocenters. The first-order valence-electron chi connectivity index (χ1n) is 5.23. The number of nitrogens with two attached hydrogens (primary N) is 1. The molecule has 2 nitrogen and oxygen atoms in total. The highest BCUT2D eigenvalue weighted by molar-refractivity contribution is 5.74. The molecule has 0 heterocycles. The van der Waals surface area contributed by atoms with Crippen LogP contribution in [0.15, 0.2) is 36.4 Å². The maximum atomic E-state index is 13.6. The van der Waals surface area contributed by atoms with Crippen molar-refractivity contribution in [1.82, 2.24) is 0 Å². The van der Waals surface area contributed by atoms with Gasteiger partial charge in [0.25, 0.3) is 0 Å². The molecule has 0 atom stereocenters. The molecule has 0 saturated carbocycles. The molecule has 0 fully saturated rings. The third-order valence-corrected chi connectivity index (χ3v) is 2.62. The first-order valence-corrected chi connectivity index (χ1v) is 5.23. The molecular weight excluding hydrogens is 241 g/mol. The summed E-state index contributed by atoms with van der Waals surface area (Å²) in [5.74, 6) is -1.88. The Morgan fingerprint density at radius 3 is 2.17 bits per heavy atom. The fraction of sp³-hybridized carbons (Fsp3) is 0.0769.